The van der Waals surface area contributed by atoms with E-state index in [4.69, 9.17) is 9.26 Å². The number of carbonyl (C=O) groups excluding carboxylic acids is 1. The van der Waals surface area contributed by atoms with Gasteiger partial charge in [-0.25, -0.2) is 4.79 Å². The number of nitrogens with zero attached hydrogens (tertiary/aromatic N) is 3. The van der Waals surface area contributed by atoms with Crippen LogP contribution in [-0.4, -0.2) is 46.9 Å². The lowest BCUT2D eigenvalue weighted by Gasteiger charge is -2.31. The van der Waals surface area contributed by atoms with Crippen molar-refractivity contribution < 1.29 is 14.1 Å². The maximum absolute atomic E-state index is 11.6. The minimum Gasteiger partial charge on any atom is -0.450 e. The van der Waals surface area contributed by atoms with Gasteiger partial charge in [0.2, 0.25) is 5.89 Å². The van der Waals surface area contributed by atoms with Crippen LogP contribution in [0.3, 0.4) is 0 Å². The number of amides is 1. The van der Waals surface area contributed by atoms with Crippen LogP contribution in [0.1, 0.15) is 37.0 Å². The summed E-state index contributed by atoms with van der Waals surface area (Å²) < 4.78 is 10.3. The molecule has 1 saturated heterocycles. The number of likely N-dealkylation sites (tertiary alicyclic amines) is 1. The van der Waals surface area contributed by atoms with E-state index in [0.29, 0.717) is 31.3 Å². The van der Waals surface area contributed by atoms with Gasteiger partial charge < -0.3 is 14.6 Å². The Hall–Kier alpha value is -2.41. The van der Waals surface area contributed by atoms with Crippen molar-refractivity contribution in [1.82, 2.24) is 20.4 Å². The van der Waals surface area contributed by atoms with E-state index in [1.165, 1.54) is 0 Å². The molecule has 3 rings (SSSR count). The zero-order valence-corrected chi connectivity index (χ0v) is 14.5. The number of hydrogen-bond donors (Lipinski definition) is 1. The first-order valence-corrected chi connectivity index (χ1v) is 8.74. The predicted octanol–water partition coefficient (Wildman–Crippen LogP) is 2.37. The first-order chi connectivity index (χ1) is 12.2. The molecule has 2 aromatic rings. The summed E-state index contributed by atoms with van der Waals surface area (Å²) in [6, 6.07) is 10.2. The number of ether oxygens (including phenoxy) is 1. The summed E-state index contributed by atoms with van der Waals surface area (Å²) in [5, 5.41) is 6.99. The van der Waals surface area contributed by atoms with Crippen molar-refractivity contribution in [2.45, 2.75) is 38.8 Å². The fraction of sp³-hybridized carbons (Fsp3) is 0.500. The van der Waals surface area contributed by atoms with Gasteiger partial charge in [-0.1, -0.05) is 35.5 Å². The molecule has 1 N–H and O–H groups in total. The highest BCUT2D eigenvalue weighted by atomic mass is 16.5. The van der Waals surface area contributed by atoms with Crippen LogP contribution in [0.4, 0.5) is 4.79 Å². The molecular formula is C18H24N4O3. The fourth-order valence-electron chi connectivity index (χ4n) is 3.05. The Balaban J connectivity index is 1.51. The van der Waals surface area contributed by atoms with Gasteiger partial charge in [0.15, 0.2) is 5.82 Å². The number of rotatable bonds is 6. The summed E-state index contributed by atoms with van der Waals surface area (Å²) >= 11 is 0. The topological polar surface area (TPSA) is 80.5 Å². The monoisotopic (exact) mass is 344 g/mol. The number of carbonyl (C=O) groups is 1. The van der Waals surface area contributed by atoms with Gasteiger partial charge in [0.05, 0.1) is 19.6 Å². The van der Waals surface area contributed by atoms with E-state index in [1.54, 1.807) is 6.92 Å². The lowest BCUT2D eigenvalue weighted by atomic mass is 10.1. The highest BCUT2D eigenvalue weighted by Gasteiger charge is 2.23. The second-order valence-electron chi connectivity index (χ2n) is 6.21. The first kappa shape index (κ1) is 17.4. The number of hydrogen-bond acceptors (Lipinski definition) is 6. The summed E-state index contributed by atoms with van der Waals surface area (Å²) in [7, 11) is 0. The summed E-state index contributed by atoms with van der Waals surface area (Å²) in [6.07, 6.45) is 2.27. The van der Waals surface area contributed by atoms with Gasteiger partial charge in [0.25, 0.3) is 0 Å². The summed E-state index contributed by atoms with van der Waals surface area (Å²) in [5.74, 6) is 1.31. The highest BCUT2D eigenvalue weighted by molar-refractivity contribution is 5.67. The van der Waals surface area contributed by atoms with Crippen LogP contribution in [0.2, 0.25) is 0 Å². The molecule has 1 aromatic carbocycles. The molecule has 0 bridgehead atoms. The molecule has 0 spiro atoms. The molecule has 0 radical (unpaired) electrons. The van der Waals surface area contributed by atoms with Crippen LogP contribution in [0, 0.1) is 0 Å². The second kappa shape index (κ2) is 8.62. The van der Waals surface area contributed by atoms with Gasteiger partial charge >= 0.3 is 6.09 Å². The molecule has 0 aliphatic carbocycles. The Kier molecular flexibility index (Phi) is 6.00. The summed E-state index contributed by atoms with van der Waals surface area (Å²) in [6.45, 7) is 4.54. The van der Waals surface area contributed by atoms with Crippen LogP contribution in [0.15, 0.2) is 34.9 Å². The normalized spacial score (nSPS) is 18.0. The van der Waals surface area contributed by atoms with Gasteiger partial charge in [-0.05, 0) is 31.9 Å². The maximum atomic E-state index is 11.6. The van der Waals surface area contributed by atoms with Crippen LogP contribution in [0.5, 0.6) is 0 Å². The van der Waals surface area contributed by atoms with Crippen molar-refractivity contribution in [3.8, 4) is 0 Å². The van der Waals surface area contributed by atoms with Gasteiger partial charge in [-0.15, -0.1) is 0 Å². The van der Waals surface area contributed by atoms with E-state index in [-0.39, 0.29) is 12.1 Å². The van der Waals surface area contributed by atoms with Crippen LogP contribution in [0.25, 0.3) is 0 Å². The molecule has 1 atom stereocenters. The van der Waals surface area contributed by atoms with E-state index < -0.39 is 0 Å². The van der Waals surface area contributed by atoms with Crippen molar-refractivity contribution in [3.05, 3.63) is 47.6 Å². The lowest BCUT2D eigenvalue weighted by Crippen LogP contribution is -2.47. The standard InChI is InChI=1S/C18H24N4O3/c1-2-24-18(23)19-15-9-6-10-22(12-15)13-16-20-17(25-21-16)11-14-7-4-3-5-8-14/h3-5,7-8,15H,2,6,9-13H2,1H3,(H,19,23)/t15-/m1/s1. The van der Waals surface area contributed by atoms with Crippen molar-refractivity contribution in [1.29, 1.82) is 0 Å². The Morgan fingerprint density at radius 2 is 2.24 bits per heavy atom. The third-order valence-corrected chi connectivity index (χ3v) is 4.18. The minimum atomic E-state index is -0.348. The molecular weight excluding hydrogens is 320 g/mol. The van der Waals surface area contributed by atoms with Gasteiger partial charge in [-0.3, -0.25) is 4.90 Å². The molecule has 1 aliphatic rings. The molecule has 0 unspecified atom stereocenters. The number of aromatic nitrogens is 2. The molecule has 1 fully saturated rings. The highest BCUT2D eigenvalue weighted by Crippen LogP contribution is 2.14. The molecule has 7 heteroatoms. The van der Waals surface area contributed by atoms with Gasteiger partial charge in [0.1, 0.15) is 0 Å². The van der Waals surface area contributed by atoms with E-state index in [9.17, 15) is 4.79 Å². The SMILES string of the molecule is CCOC(=O)N[C@@H]1CCCN(Cc2noc(Cc3ccccc3)n2)C1. The Morgan fingerprint density at radius 1 is 1.40 bits per heavy atom. The molecule has 1 aliphatic heterocycles. The molecule has 25 heavy (non-hydrogen) atoms. The molecule has 7 nitrogen and oxygen atoms in total. The van der Waals surface area contributed by atoms with Crippen molar-refractivity contribution in [2.24, 2.45) is 0 Å². The quantitative estimate of drug-likeness (QED) is 0.866. The average molecular weight is 344 g/mol. The van der Waals surface area contributed by atoms with Crippen molar-refractivity contribution >= 4 is 6.09 Å². The molecule has 134 valence electrons. The number of benzene rings is 1. The lowest BCUT2D eigenvalue weighted by molar-refractivity contribution is 0.131. The van der Waals surface area contributed by atoms with E-state index >= 15 is 0 Å². The minimum absolute atomic E-state index is 0.100. The molecule has 0 saturated carbocycles. The summed E-state index contributed by atoms with van der Waals surface area (Å²) in [4.78, 5) is 18.3. The fourth-order valence-corrected chi connectivity index (χ4v) is 3.05. The number of alkyl carbamates (subject to hydrolysis) is 1. The van der Waals surface area contributed by atoms with E-state index in [0.717, 1.165) is 31.5 Å². The Labute approximate surface area is 147 Å². The third kappa shape index (κ3) is 5.29. The van der Waals surface area contributed by atoms with Gasteiger partial charge in [-0.2, -0.15) is 4.98 Å². The average Bonchev–Trinajstić information content (AvgIpc) is 3.03. The first-order valence-electron chi connectivity index (χ1n) is 8.74. The molecule has 2 heterocycles. The number of nitrogens with one attached hydrogen (secondary N) is 1. The largest absolute Gasteiger partial charge is 0.450 e. The van der Waals surface area contributed by atoms with E-state index in [2.05, 4.69) is 20.4 Å². The number of piperidine rings is 1. The Bertz CT molecular complexity index is 674. The van der Waals surface area contributed by atoms with Crippen molar-refractivity contribution in [2.75, 3.05) is 19.7 Å². The van der Waals surface area contributed by atoms with E-state index in [1.807, 2.05) is 30.3 Å². The third-order valence-electron chi connectivity index (χ3n) is 4.18. The zero-order valence-electron chi connectivity index (χ0n) is 14.5. The zero-order chi connectivity index (χ0) is 17.5. The molecule has 1 aromatic heterocycles. The smallest absolute Gasteiger partial charge is 0.407 e. The van der Waals surface area contributed by atoms with Crippen LogP contribution in [-0.2, 0) is 17.7 Å². The maximum Gasteiger partial charge on any atom is 0.407 e. The second-order valence-corrected chi connectivity index (χ2v) is 6.21. The predicted molar refractivity (Wildman–Crippen MR) is 92.0 cm³/mol. The molecule has 1 amide bonds. The Morgan fingerprint density at radius 3 is 3.04 bits per heavy atom. The summed E-state index contributed by atoms with van der Waals surface area (Å²) in [5.41, 5.74) is 1.15. The van der Waals surface area contributed by atoms with Crippen LogP contribution >= 0.6 is 0 Å². The van der Waals surface area contributed by atoms with Gasteiger partial charge in [0, 0.05) is 12.6 Å². The van der Waals surface area contributed by atoms with Crippen LogP contribution < -0.4 is 5.32 Å². The van der Waals surface area contributed by atoms with Crippen molar-refractivity contribution in [3.63, 3.8) is 0 Å².